The number of ether oxygens (including phenoxy) is 3. The van der Waals surface area contributed by atoms with Crippen LogP contribution in [0.15, 0.2) is 83.9 Å². The SMILES string of the molecule is COc1cccc([C@@H]2OC(c3ccc(OCCCO)cc3)=N[C@]2(Cc2ccccc2)C(=O)NN2CCCCC2)c1. The molecule has 0 saturated carbocycles. The predicted molar refractivity (Wildman–Crippen MR) is 153 cm³/mol. The molecule has 1 saturated heterocycles. The Kier molecular flexibility index (Phi) is 8.98. The number of methoxy groups -OCH3 is 1. The van der Waals surface area contributed by atoms with Gasteiger partial charge in [0.15, 0.2) is 11.6 Å². The first-order valence-electron chi connectivity index (χ1n) is 14.0. The molecule has 2 aliphatic heterocycles. The summed E-state index contributed by atoms with van der Waals surface area (Å²) in [7, 11) is 1.63. The van der Waals surface area contributed by atoms with Crippen molar-refractivity contribution < 1.29 is 24.1 Å². The number of hydrogen-bond donors (Lipinski definition) is 2. The first-order chi connectivity index (χ1) is 19.6. The van der Waals surface area contributed by atoms with Gasteiger partial charge in [0.2, 0.25) is 5.90 Å². The number of aliphatic hydroxyl groups excluding tert-OH is 1. The molecule has 8 heteroatoms. The van der Waals surface area contributed by atoms with E-state index in [1.165, 1.54) is 6.42 Å². The lowest BCUT2D eigenvalue weighted by Gasteiger charge is -2.34. The molecule has 1 fully saturated rings. The predicted octanol–water partition coefficient (Wildman–Crippen LogP) is 4.47. The lowest BCUT2D eigenvalue weighted by atomic mass is 9.82. The van der Waals surface area contributed by atoms with Crippen molar-refractivity contribution in [2.24, 2.45) is 4.99 Å². The summed E-state index contributed by atoms with van der Waals surface area (Å²) in [4.78, 5) is 19.5. The molecule has 0 unspecified atom stereocenters. The number of carbonyl (C=O) groups excluding carboxylic acids is 1. The van der Waals surface area contributed by atoms with Crippen molar-refractivity contribution >= 4 is 11.8 Å². The second kappa shape index (κ2) is 13.0. The average Bonchev–Trinajstić information content (AvgIpc) is 3.39. The van der Waals surface area contributed by atoms with Crippen LogP contribution in [0.25, 0.3) is 0 Å². The highest BCUT2D eigenvalue weighted by molar-refractivity contribution is 6.01. The van der Waals surface area contributed by atoms with Crippen molar-refractivity contribution in [3.8, 4) is 11.5 Å². The van der Waals surface area contributed by atoms with Crippen molar-refractivity contribution in [1.29, 1.82) is 0 Å². The van der Waals surface area contributed by atoms with Crippen molar-refractivity contribution in [3.63, 3.8) is 0 Å². The molecule has 2 atom stereocenters. The number of aliphatic imine (C=N–C) groups is 1. The van der Waals surface area contributed by atoms with Crippen LogP contribution < -0.4 is 14.9 Å². The molecule has 5 rings (SSSR count). The van der Waals surface area contributed by atoms with Gasteiger partial charge in [-0.25, -0.2) is 10.0 Å². The molecule has 0 aliphatic carbocycles. The minimum Gasteiger partial charge on any atom is -0.497 e. The highest BCUT2D eigenvalue weighted by Crippen LogP contribution is 2.43. The molecule has 3 aromatic carbocycles. The van der Waals surface area contributed by atoms with Crippen LogP contribution in [0.3, 0.4) is 0 Å². The van der Waals surface area contributed by atoms with Gasteiger partial charge in [0, 0.05) is 38.1 Å². The fourth-order valence-electron chi connectivity index (χ4n) is 5.24. The number of amides is 1. The van der Waals surface area contributed by atoms with Crippen LogP contribution in [0.5, 0.6) is 11.5 Å². The van der Waals surface area contributed by atoms with Crippen LogP contribution in [-0.2, 0) is 16.0 Å². The minimum absolute atomic E-state index is 0.0807. The van der Waals surface area contributed by atoms with Crippen LogP contribution in [0.1, 0.15) is 48.5 Å². The Morgan fingerprint density at radius 1 is 1.02 bits per heavy atom. The van der Waals surface area contributed by atoms with E-state index in [1.807, 2.05) is 83.9 Å². The van der Waals surface area contributed by atoms with E-state index in [0.29, 0.717) is 36.8 Å². The number of hydrazine groups is 1. The zero-order valence-electron chi connectivity index (χ0n) is 22.9. The Morgan fingerprint density at radius 2 is 1.80 bits per heavy atom. The second-order valence-corrected chi connectivity index (χ2v) is 10.2. The molecule has 0 bridgehead atoms. The number of aliphatic hydroxyl groups is 1. The van der Waals surface area contributed by atoms with E-state index in [2.05, 4.69) is 5.43 Å². The molecule has 2 aliphatic rings. The summed E-state index contributed by atoms with van der Waals surface area (Å²) in [6.07, 6.45) is 3.50. The average molecular weight is 544 g/mol. The third kappa shape index (κ3) is 6.29. The van der Waals surface area contributed by atoms with Gasteiger partial charge in [-0.15, -0.1) is 0 Å². The number of hydrogen-bond acceptors (Lipinski definition) is 7. The van der Waals surface area contributed by atoms with Gasteiger partial charge in [0.05, 0.1) is 13.7 Å². The van der Waals surface area contributed by atoms with Crippen LogP contribution >= 0.6 is 0 Å². The molecule has 0 radical (unpaired) electrons. The standard InChI is InChI=1S/C32H37N3O5/c1-38-28-13-8-12-26(22-28)29-32(23-24-10-4-2-5-11-24,31(37)34-35-18-6-3-7-19-35)33-30(40-29)25-14-16-27(17-15-25)39-21-9-20-36/h2,4-5,8,10-17,22,29,36H,3,6-7,9,18-21,23H2,1H3,(H,34,37)/t29-,32-/m0/s1. The number of piperidine rings is 1. The largest absolute Gasteiger partial charge is 0.497 e. The maximum atomic E-state index is 14.3. The number of nitrogens with one attached hydrogen (secondary N) is 1. The van der Waals surface area contributed by atoms with Gasteiger partial charge in [-0.05, 0) is 60.4 Å². The van der Waals surface area contributed by atoms with Gasteiger partial charge in [-0.3, -0.25) is 10.2 Å². The Hall–Kier alpha value is -3.88. The minimum atomic E-state index is -1.25. The molecule has 3 aromatic rings. The molecule has 2 N–H and O–H groups in total. The molecule has 8 nitrogen and oxygen atoms in total. The van der Waals surface area contributed by atoms with Crippen molar-refractivity contribution in [2.45, 2.75) is 43.7 Å². The smallest absolute Gasteiger partial charge is 0.266 e. The van der Waals surface area contributed by atoms with E-state index >= 15 is 0 Å². The van der Waals surface area contributed by atoms with Gasteiger partial charge in [-0.1, -0.05) is 48.9 Å². The van der Waals surface area contributed by atoms with Crippen LogP contribution in [0.2, 0.25) is 0 Å². The molecule has 0 spiro atoms. The number of carbonyl (C=O) groups is 1. The summed E-state index contributed by atoms with van der Waals surface area (Å²) in [6, 6.07) is 25.1. The van der Waals surface area contributed by atoms with Gasteiger partial charge >= 0.3 is 0 Å². The molecule has 1 amide bonds. The molecule has 40 heavy (non-hydrogen) atoms. The lowest BCUT2D eigenvalue weighted by Crippen LogP contribution is -2.56. The van der Waals surface area contributed by atoms with Gasteiger partial charge < -0.3 is 19.3 Å². The van der Waals surface area contributed by atoms with E-state index in [-0.39, 0.29) is 12.5 Å². The normalized spacial score (nSPS) is 20.9. The topological polar surface area (TPSA) is 92.6 Å². The highest BCUT2D eigenvalue weighted by Gasteiger charge is 2.53. The van der Waals surface area contributed by atoms with E-state index in [9.17, 15) is 4.79 Å². The van der Waals surface area contributed by atoms with Gasteiger partial charge in [0.25, 0.3) is 5.91 Å². The Labute approximate surface area is 235 Å². The highest BCUT2D eigenvalue weighted by atomic mass is 16.5. The quantitative estimate of drug-likeness (QED) is 0.347. The van der Waals surface area contributed by atoms with E-state index in [4.69, 9.17) is 24.3 Å². The van der Waals surface area contributed by atoms with E-state index in [0.717, 1.165) is 42.6 Å². The second-order valence-electron chi connectivity index (χ2n) is 10.2. The molecule has 210 valence electrons. The summed E-state index contributed by atoms with van der Waals surface area (Å²) in [5.41, 5.74) is 4.50. The Bertz CT molecular complexity index is 1290. The van der Waals surface area contributed by atoms with Crippen molar-refractivity contribution in [1.82, 2.24) is 10.4 Å². The van der Waals surface area contributed by atoms with Crippen LogP contribution in [0.4, 0.5) is 0 Å². The summed E-state index contributed by atoms with van der Waals surface area (Å²) in [5.74, 6) is 1.59. The van der Waals surface area contributed by atoms with Crippen molar-refractivity contribution in [3.05, 3.63) is 95.6 Å². The maximum absolute atomic E-state index is 14.3. The zero-order chi connectivity index (χ0) is 27.8. The Balaban J connectivity index is 1.55. The lowest BCUT2D eigenvalue weighted by molar-refractivity contribution is -0.134. The van der Waals surface area contributed by atoms with Crippen LogP contribution in [-0.4, -0.2) is 60.9 Å². The third-order valence-corrected chi connectivity index (χ3v) is 7.36. The zero-order valence-corrected chi connectivity index (χ0v) is 22.9. The summed E-state index contributed by atoms with van der Waals surface area (Å²) in [5, 5.41) is 11.0. The maximum Gasteiger partial charge on any atom is 0.266 e. The molecule has 2 heterocycles. The molecular formula is C32H37N3O5. The number of benzene rings is 3. The van der Waals surface area contributed by atoms with E-state index < -0.39 is 11.6 Å². The first-order valence-corrected chi connectivity index (χ1v) is 14.0. The summed E-state index contributed by atoms with van der Waals surface area (Å²) < 4.78 is 17.8. The molecular weight excluding hydrogens is 506 g/mol. The summed E-state index contributed by atoms with van der Waals surface area (Å²) >= 11 is 0. The fraction of sp³-hybridized carbons (Fsp3) is 0.375. The van der Waals surface area contributed by atoms with Crippen LogP contribution in [0, 0.1) is 0 Å². The monoisotopic (exact) mass is 543 g/mol. The Morgan fingerprint density at radius 3 is 2.52 bits per heavy atom. The van der Waals surface area contributed by atoms with Crippen molar-refractivity contribution in [2.75, 3.05) is 33.4 Å². The van der Waals surface area contributed by atoms with Gasteiger partial charge in [0.1, 0.15) is 11.5 Å². The van der Waals surface area contributed by atoms with E-state index in [1.54, 1.807) is 7.11 Å². The fourth-order valence-corrected chi connectivity index (χ4v) is 5.24. The number of rotatable bonds is 11. The third-order valence-electron chi connectivity index (χ3n) is 7.36. The molecule has 0 aromatic heterocycles. The summed E-state index contributed by atoms with van der Waals surface area (Å²) in [6.45, 7) is 2.14. The van der Waals surface area contributed by atoms with Gasteiger partial charge in [-0.2, -0.15) is 0 Å². The number of nitrogens with zero attached hydrogens (tertiary/aromatic N) is 2. The first kappa shape index (κ1) is 27.7.